The number of aromatic nitrogens is 2. The number of hydrogen-bond acceptors (Lipinski definition) is 2. The molecular weight excluding hydrogens is 258 g/mol. The van der Waals surface area contributed by atoms with Crippen molar-refractivity contribution < 1.29 is 0 Å². The molecule has 1 heterocycles. The van der Waals surface area contributed by atoms with Crippen LogP contribution in [-0.4, -0.2) is 16.3 Å². The molecule has 0 unspecified atom stereocenters. The van der Waals surface area contributed by atoms with Gasteiger partial charge in [-0.3, -0.25) is 4.68 Å². The second-order valence-corrected chi connectivity index (χ2v) is 5.01. The summed E-state index contributed by atoms with van der Waals surface area (Å²) in [6.07, 6.45) is 0.926. The van der Waals surface area contributed by atoms with E-state index < -0.39 is 0 Å². The van der Waals surface area contributed by atoms with E-state index in [1.54, 1.807) is 0 Å². The van der Waals surface area contributed by atoms with Gasteiger partial charge >= 0.3 is 0 Å². The molecule has 3 aromatic rings. The third-order valence-corrected chi connectivity index (χ3v) is 3.49. The normalized spacial score (nSPS) is 10.7. The molecule has 2 N–H and O–H groups in total. The minimum atomic E-state index is 0.675. The van der Waals surface area contributed by atoms with E-state index in [1.807, 2.05) is 24.3 Å². The molecule has 106 valence electrons. The van der Waals surface area contributed by atoms with Gasteiger partial charge in [0.2, 0.25) is 0 Å². The van der Waals surface area contributed by atoms with Gasteiger partial charge < -0.3 is 5.73 Å². The van der Waals surface area contributed by atoms with Gasteiger partial charge in [-0.25, -0.2) is 0 Å². The first-order valence-corrected chi connectivity index (χ1v) is 7.27. The third-order valence-electron chi connectivity index (χ3n) is 3.49. The predicted molar refractivity (Wildman–Crippen MR) is 86.8 cm³/mol. The van der Waals surface area contributed by atoms with Crippen molar-refractivity contribution in [3.05, 3.63) is 66.7 Å². The number of nitrogens with two attached hydrogens (primary N) is 1. The number of nitrogens with zero attached hydrogens (tertiary/aromatic N) is 2. The summed E-state index contributed by atoms with van der Waals surface area (Å²) < 4.78 is 2.06. The maximum atomic E-state index is 5.64. The summed E-state index contributed by atoms with van der Waals surface area (Å²) in [5.41, 5.74) is 10.1. The average Bonchev–Trinajstić information content (AvgIpc) is 2.99. The molecule has 2 aromatic carbocycles. The van der Waals surface area contributed by atoms with Crippen molar-refractivity contribution in [2.45, 2.75) is 13.0 Å². The largest absolute Gasteiger partial charge is 0.330 e. The van der Waals surface area contributed by atoms with Gasteiger partial charge in [-0.1, -0.05) is 60.7 Å². The van der Waals surface area contributed by atoms with Crippen LogP contribution in [0, 0.1) is 0 Å². The number of hydrogen-bond donors (Lipinski definition) is 1. The molecule has 0 bridgehead atoms. The van der Waals surface area contributed by atoms with Gasteiger partial charge in [0.25, 0.3) is 0 Å². The fourth-order valence-corrected chi connectivity index (χ4v) is 2.42. The molecule has 0 aliphatic heterocycles. The molecule has 21 heavy (non-hydrogen) atoms. The van der Waals surface area contributed by atoms with Crippen molar-refractivity contribution >= 4 is 0 Å². The summed E-state index contributed by atoms with van der Waals surface area (Å²) >= 11 is 0. The Morgan fingerprint density at radius 3 is 2.10 bits per heavy atom. The molecule has 3 heteroatoms. The fraction of sp³-hybridized carbons (Fsp3) is 0.167. The Morgan fingerprint density at radius 1 is 0.857 bits per heavy atom. The zero-order chi connectivity index (χ0) is 14.5. The molecule has 3 rings (SSSR count). The van der Waals surface area contributed by atoms with E-state index in [0.29, 0.717) is 6.54 Å². The molecule has 0 aliphatic rings. The molecule has 0 fully saturated rings. The zero-order valence-electron chi connectivity index (χ0n) is 11.9. The quantitative estimate of drug-likeness (QED) is 0.775. The topological polar surface area (TPSA) is 43.8 Å². The lowest BCUT2D eigenvalue weighted by Crippen LogP contribution is -2.08. The van der Waals surface area contributed by atoms with Crippen LogP contribution in [-0.2, 0) is 6.54 Å². The van der Waals surface area contributed by atoms with Gasteiger partial charge in [0.1, 0.15) is 0 Å². The van der Waals surface area contributed by atoms with Gasteiger partial charge in [0, 0.05) is 12.1 Å². The number of aryl methyl sites for hydroxylation is 1. The van der Waals surface area contributed by atoms with Crippen molar-refractivity contribution in [3.63, 3.8) is 0 Å². The SMILES string of the molecule is NCCCn1nc(-c2ccccc2)cc1-c1ccccc1. The maximum absolute atomic E-state index is 5.64. The summed E-state index contributed by atoms with van der Waals surface area (Å²) in [5, 5.41) is 4.76. The molecule has 0 amide bonds. The zero-order valence-corrected chi connectivity index (χ0v) is 11.9. The van der Waals surface area contributed by atoms with E-state index in [1.165, 1.54) is 5.56 Å². The second-order valence-electron chi connectivity index (χ2n) is 5.01. The van der Waals surface area contributed by atoms with Crippen LogP contribution in [0.5, 0.6) is 0 Å². The van der Waals surface area contributed by atoms with Crippen LogP contribution in [0.2, 0.25) is 0 Å². The average molecular weight is 277 g/mol. The number of benzene rings is 2. The van der Waals surface area contributed by atoms with Crippen molar-refractivity contribution in [2.75, 3.05) is 6.54 Å². The first-order valence-electron chi connectivity index (χ1n) is 7.27. The van der Waals surface area contributed by atoms with Gasteiger partial charge in [0.15, 0.2) is 0 Å². The van der Waals surface area contributed by atoms with Crippen LogP contribution in [0.25, 0.3) is 22.5 Å². The van der Waals surface area contributed by atoms with Gasteiger partial charge in [-0.05, 0) is 24.6 Å². The van der Waals surface area contributed by atoms with Crippen molar-refractivity contribution in [1.29, 1.82) is 0 Å². The second kappa shape index (κ2) is 6.37. The Labute approximate surface area is 125 Å². The maximum Gasteiger partial charge on any atom is 0.0929 e. The molecule has 0 radical (unpaired) electrons. The Kier molecular flexibility index (Phi) is 4.12. The van der Waals surface area contributed by atoms with Crippen LogP contribution < -0.4 is 5.73 Å². The van der Waals surface area contributed by atoms with E-state index in [4.69, 9.17) is 10.8 Å². The molecule has 0 atom stereocenters. The van der Waals surface area contributed by atoms with E-state index >= 15 is 0 Å². The van der Waals surface area contributed by atoms with Crippen molar-refractivity contribution in [3.8, 4) is 22.5 Å². The Bertz CT molecular complexity index is 687. The van der Waals surface area contributed by atoms with Crippen LogP contribution in [0.15, 0.2) is 66.7 Å². The first-order chi connectivity index (χ1) is 10.4. The first kappa shape index (κ1) is 13.6. The highest BCUT2D eigenvalue weighted by molar-refractivity contribution is 5.68. The van der Waals surface area contributed by atoms with Gasteiger partial charge in [-0.2, -0.15) is 5.10 Å². The molecule has 0 saturated heterocycles. The lowest BCUT2D eigenvalue weighted by molar-refractivity contribution is 0.592. The minimum Gasteiger partial charge on any atom is -0.330 e. The highest BCUT2D eigenvalue weighted by atomic mass is 15.3. The summed E-state index contributed by atoms with van der Waals surface area (Å²) in [6, 6.07) is 22.8. The van der Waals surface area contributed by atoms with Crippen molar-refractivity contribution in [2.24, 2.45) is 5.73 Å². The number of rotatable bonds is 5. The lowest BCUT2D eigenvalue weighted by Gasteiger charge is -2.06. The van der Waals surface area contributed by atoms with Gasteiger partial charge in [0.05, 0.1) is 11.4 Å². The molecule has 0 aliphatic carbocycles. The Balaban J connectivity index is 2.03. The molecule has 0 saturated carbocycles. The Hall–Kier alpha value is -2.39. The van der Waals surface area contributed by atoms with E-state index in [-0.39, 0.29) is 0 Å². The minimum absolute atomic E-state index is 0.675. The van der Waals surface area contributed by atoms with Crippen LogP contribution >= 0.6 is 0 Å². The van der Waals surface area contributed by atoms with Crippen LogP contribution in [0.1, 0.15) is 6.42 Å². The molecule has 0 spiro atoms. The lowest BCUT2D eigenvalue weighted by atomic mass is 10.1. The summed E-state index contributed by atoms with van der Waals surface area (Å²) in [7, 11) is 0. The molecular formula is C18H19N3. The highest BCUT2D eigenvalue weighted by Gasteiger charge is 2.10. The predicted octanol–water partition coefficient (Wildman–Crippen LogP) is 3.57. The van der Waals surface area contributed by atoms with E-state index in [0.717, 1.165) is 29.9 Å². The third kappa shape index (κ3) is 3.03. The van der Waals surface area contributed by atoms with Crippen LogP contribution in [0.3, 0.4) is 0 Å². The highest BCUT2D eigenvalue weighted by Crippen LogP contribution is 2.26. The molecule has 3 nitrogen and oxygen atoms in total. The summed E-state index contributed by atoms with van der Waals surface area (Å²) in [6.45, 7) is 1.52. The van der Waals surface area contributed by atoms with Gasteiger partial charge in [-0.15, -0.1) is 0 Å². The van der Waals surface area contributed by atoms with E-state index in [9.17, 15) is 0 Å². The summed E-state index contributed by atoms with van der Waals surface area (Å²) in [5.74, 6) is 0. The smallest absolute Gasteiger partial charge is 0.0929 e. The Morgan fingerprint density at radius 2 is 1.48 bits per heavy atom. The summed E-state index contributed by atoms with van der Waals surface area (Å²) in [4.78, 5) is 0. The standard InChI is InChI=1S/C18H19N3/c19-12-7-13-21-18(16-10-5-2-6-11-16)14-17(20-21)15-8-3-1-4-9-15/h1-6,8-11,14H,7,12-13,19H2. The van der Waals surface area contributed by atoms with E-state index in [2.05, 4.69) is 47.1 Å². The monoisotopic (exact) mass is 277 g/mol. The molecule has 1 aromatic heterocycles. The fourth-order valence-electron chi connectivity index (χ4n) is 2.42. The van der Waals surface area contributed by atoms with Crippen LogP contribution in [0.4, 0.5) is 0 Å². The van der Waals surface area contributed by atoms with Crippen molar-refractivity contribution in [1.82, 2.24) is 9.78 Å².